The number of hydrogen-bond acceptors (Lipinski definition) is 7. The Balaban J connectivity index is 1.66. The fourth-order valence-corrected chi connectivity index (χ4v) is 5.71. The van der Waals surface area contributed by atoms with Gasteiger partial charge in [0, 0.05) is 6.54 Å². The van der Waals surface area contributed by atoms with Gasteiger partial charge in [0.05, 0.1) is 25.7 Å². The molecular formula is C25H30N2O6S. The third-order valence-electron chi connectivity index (χ3n) is 5.16. The maximum atomic E-state index is 13.3. The Kier molecular flexibility index (Phi) is 7.66. The summed E-state index contributed by atoms with van der Waals surface area (Å²) in [6.07, 6.45) is 0.737. The summed E-state index contributed by atoms with van der Waals surface area (Å²) in [7, 11) is -2.65. The molecule has 8 nitrogen and oxygen atoms in total. The number of hydrogen-bond donors (Lipinski definition) is 1. The number of carbonyl (C=O) groups excluding carboxylic acids is 2. The molecule has 9 heteroatoms. The molecule has 0 fully saturated rings. The molecule has 1 aliphatic heterocycles. The molecule has 2 aromatic rings. The van der Waals surface area contributed by atoms with Crippen LogP contribution in [0.25, 0.3) is 4.91 Å². The van der Waals surface area contributed by atoms with Crippen LogP contribution in [0.3, 0.4) is 0 Å². The van der Waals surface area contributed by atoms with Gasteiger partial charge in [-0.25, -0.2) is 12.7 Å². The van der Waals surface area contributed by atoms with Gasteiger partial charge >= 0.3 is 5.97 Å². The average Bonchev–Trinajstić information content (AvgIpc) is 2.99. The predicted molar refractivity (Wildman–Crippen MR) is 129 cm³/mol. The number of rotatable bonds is 9. The number of nitrogens with one attached hydrogen (secondary N) is 1. The molecule has 1 heterocycles. The second kappa shape index (κ2) is 10.3. The van der Waals surface area contributed by atoms with E-state index in [1.54, 1.807) is 75.4 Å². The minimum Gasteiger partial charge on any atom is -0.494 e. The first-order valence-corrected chi connectivity index (χ1v) is 12.4. The van der Waals surface area contributed by atoms with Crippen molar-refractivity contribution in [1.82, 2.24) is 9.62 Å². The van der Waals surface area contributed by atoms with E-state index in [-0.39, 0.29) is 23.0 Å². The topological polar surface area (TPSA) is 102 Å². The lowest BCUT2D eigenvalue weighted by Gasteiger charge is -2.30. The first-order chi connectivity index (χ1) is 16.1. The number of benzene rings is 2. The smallest absolute Gasteiger partial charge is 0.309 e. The van der Waals surface area contributed by atoms with E-state index in [0.29, 0.717) is 30.9 Å². The predicted octanol–water partition coefficient (Wildman–Crippen LogP) is 3.10. The van der Waals surface area contributed by atoms with Gasteiger partial charge in [-0.2, -0.15) is 0 Å². The third kappa shape index (κ3) is 5.59. The summed E-state index contributed by atoms with van der Waals surface area (Å²) < 4.78 is 37.9. The Morgan fingerprint density at radius 3 is 2.26 bits per heavy atom. The van der Waals surface area contributed by atoms with E-state index in [1.807, 2.05) is 0 Å². The van der Waals surface area contributed by atoms with E-state index in [9.17, 15) is 18.0 Å². The first kappa shape index (κ1) is 25.3. The fourth-order valence-electron chi connectivity index (χ4n) is 3.65. The van der Waals surface area contributed by atoms with Gasteiger partial charge in [-0.3, -0.25) is 9.59 Å². The average molecular weight is 487 g/mol. The van der Waals surface area contributed by atoms with Crippen molar-refractivity contribution in [3.63, 3.8) is 0 Å². The minimum atomic E-state index is -4.00. The standard InChI is InChI=1S/C25H30N2O6S/c1-25(2,3)27-24(29)22(23(34(27,30)31)19-9-6-5-7-10-19)26-15-8-16-33-20-13-11-18(12-14-20)17-21(28)32-4/h5-7,9-14,26H,8,15-17H2,1-4H3. The van der Waals surface area contributed by atoms with Crippen LogP contribution in [0, 0.1) is 0 Å². The van der Waals surface area contributed by atoms with Gasteiger partial charge in [-0.1, -0.05) is 42.5 Å². The lowest BCUT2D eigenvalue weighted by Crippen LogP contribution is -2.46. The van der Waals surface area contributed by atoms with Crippen molar-refractivity contribution >= 4 is 26.8 Å². The molecular weight excluding hydrogens is 456 g/mol. The molecule has 1 aliphatic rings. The van der Waals surface area contributed by atoms with E-state index >= 15 is 0 Å². The lowest BCUT2D eigenvalue weighted by atomic mass is 10.1. The summed E-state index contributed by atoms with van der Waals surface area (Å²) in [5, 5.41) is 3.04. The normalized spacial score (nSPS) is 15.4. The Morgan fingerprint density at radius 2 is 1.68 bits per heavy atom. The minimum absolute atomic E-state index is 0.00450. The van der Waals surface area contributed by atoms with Crippen LogP contribution in [-0.4, -0.2) is 50.4 Å². The zero-order chi connectivity index (χ0) is 24.9. The van der Waals surface area contributed by atoms with Crippen molar-refractivity contribution in [2.45, 2.75) is 39.2 Å². The molecule has 182 valence electrons. The summed E-state index contributed by atoms with van der Waals surface area (Å²) in [6, 6.07) is 15.8. The van der Waals surface area contributed by atoms with Gasteiger partial charge in [0.15, 0.2) is 0 Å². The second-order valence-corrected chi connectivity index (χ2v) is 10.6. The number of amides is 1. The summed E-state index contributed by atoms with van der Waals surface area (Å²) >= 11 is 0. The number of nitrogens with zero attached hydrogens (tertiary/aromatic N) is 1. The molecule has 34 heavy (non-hydrogen) atoms. The quantitative estimate of drug-likeness (QED) is 0.429. The van der Waals surface area contributed by atoms with Crippen LogP contribution >= 0.6 is 0 Å². The van der Waals surface area contributed by atoms with E-state index in [1.165, 1.54) is 7.11 Å². The highest BCUT2D eigenvalue weighted by Gasteiger charge is 2.49. The summed E-state index contributed by atoms with van der Waals surface area (Å²) in [5.74, 6) is -0.220. The molecule has 0 saturated heterocycles. The third-order valence-corrected chi connectivity index (χ3v) is 7.31. The molecule has 0 bridgehead atoms. The molecule has 0 spiro atoms. The zero-order valence-corrected chi connectivity index (χ0v) is 20.6. The fraction of sp³-hybridized carbons (Fsp3) is 0.360. The summed E-state index contributed by atoms with van der Waals surface area (Å²) in [5.41, 5.74) is 0.468. The highest BCUT2D eigenvalue weighted by Crippen LogP contribution is 2.38. The van der Waals surface area contributed by atoms with Gasteiger partial charge in [0.1, 0.15) is 16.4 Å². The zero-order valence-electron chi connectivity index (χ0n) is 19.8. The Morgan fingerprint density at radius 1 is 1.03 bits per heavy atom. The number of methoxy groups -OCH3 is 1. The number of carbonyl (C=O) groups is 2. The van der Waals surface area contributed by atoms with Crippen LogP contribution in [0.2, 0.25) is 0 Å². The molecule has 0 saturated carbocycles. The Hall–Kier alpha value is -3.33. The van der Waals surface area contributed by atoms with Crippen molar-refractivity contribution in [3.05, 3.63) is 71.4 Å². The van der Waals surface area contributed by atoms with Gasteiger partial charge in [-0.05, 0) is 50.5 Å². The first-order valence-electron chi connectivity index (χ1n) is 11.0. The van der Waals surface area contributed by atoms with Crippen molar-refractivity contribution in [2.24, 2.45) is 0 Å². The number of sulfonamides is 1. The largest absolute Gasteiger partial charge is 0.494 e. The van der Waals surface area contributed by atoms with E-state index in [2.05, 4.69) is 10.1 Å². The van der Waals surface area contributed by atoms with E-state index < -0.39 is 21.5 Å². The van der Waals surface area contributed by atoms with Gasteiger partial charge in [-0.15, -0.1) is 0 Å². The SMILES string of the molecule is COC(=O)Cc1ccc(OCCCNC2=C(c3ccccc3)S(=O)(=O)N(C(C)(C)C)C2=O)cc1. The van der Waals surface area contributed by atoms with Crippen molar-refractivity contribution in [2.75, 3.05) is 20.3 Å². The van der Waals surface area contributed by atoms with Crippen LogP contribution in [-0.2, 0) is 30.8 Å². The maximum Gasteiger partial charge on any atom is 0.309 e. The monoisotopic (exact) mass is 486 g/mol. The van der Waals surface area contributed by atoms with Crippen molar-refractivity contribution in [1.29, 1.82) is 0 Å². The maximum absolute atomic E-state index is 13.3. The Labute approximate surface area is 200 Å². The van der Waals surface area contributed by atoms with Crippen LogP contribution < -0.4 is 10.1 Å². The molecule has 0 aromatic heterocycles. The highest BCUT2D eigenvalue weighted by atomic mass is 32.2. The molecule has 1 amide bonds. The summed E-state index contributed by atoms with van der Waals surface area (Å²) in [6.45, 7) is 5.79. The van der Waals surface area contributed by atoms with Crippen LogP contribution in [0.4, 0.5) is 0 Å². The van der Waals surface area contributed by atoms with Crippen molar-refractivity contribution < 1.29 is 27.5 Å². The van der Waals surface area contributed by atoms with Crippen LogP contribution in [0.5, 0.6) is 5.75 Å². The molecule has 0 aliphatic carbocycles. The number of esters is 1. The highest BCUT2D eigenvalue weighted by molar-refractivity contribution is 7.99. The molecule has 2 aromatic carbocycles. The van der Waals surface area contributed by atoms with Gasteiger partial charge < -0.3 is 14.8 Å². The number of ether oxygens (including phenoxy) is 2. The Bertz CT molecular complexity index is 1170. The molecule has 0 radical (unpaired) electrons. The molecule has 0 unspecified atom stereocenters. The van der Waals surface area contributed by atoms with E-state index in [4.69, 9.17) is 4.74 Å². The molecule has 3 rings (SSSR count). The lowest BCUT2D eigenvalue weighted by molar-refractivity contribution is -0.139. The van der Waals surface area contributed by atoms with Gasteiger partial charge in [0.25, 0.3) is 15.9 Å². The second-order valence-electron chi connectivity index (χ2n) is 8.84. The molecule has 0 atom stereocenters. The van der Waals surface area contributed by atoms with Crippen LogP contribution in [0.15, 0.2) is 60.3 Å². The van der Waals surface area contributed by atoms with Crippen molar-refractivity contribution in [3.8, 4) is 5.75 Å². The van der Waals surface area contributed by atoms with E-state index in [0.717, 1.165) is 9.87 Å². The van der Waals surface area contributed by atoms with Gasteiger partial charge in [0.2, 0.25) is 0 Å². The van der Waals surface area contributed by atoms with Crippen LogP contribution in [0.1, 0.15) is 38.3 Å². The summed E-state index contributed by atoms with van der Waals surface area (Å²) in [4.78, 5) is 24.5. The molecule has 1 N–H and O–H groups in total.